The number of carbonyl (C=O) groups is 1. The van der Waals surface area contributed by atoms with Gasteiger partial charge >= 0.3 is 6.09 Å². The number of hydrogen-bond donors (Lipinski definition) is 1. The van der Waals surface area contributed by atoms with Gasteiger partial charge in [0.2, 0.25) is 11.7 Å². The second-order valence-electron chi connectivity index (χ2n) is 13.3. The molecule has 6 rings (SSSR count). The molecule has 0 radical (unpaired) electrons. The molecule has 1 aliphatic heterocycles. The van der Waals surface area contributed by atoms with Crippen LogP contribution in [0.25, 0.3) is 12.2 Å². The third kappa shape index (κ3) is 9.72. The van der Waals surface area contributed by atoms with Crippen molar-refractivity contribution in [2.45, 2.75) is 27.2 Å². The van der Waals surface area contributed by atoms with Gasteiger partial charge in [-0.1, -0.05) is 29.4 Å². The van der Waals surface area contributed by atoms with Gasteiger partial charge in [0, 0.05) is 68.9 Å². The van der Waals surface area contributed by atoms with Crippen molar-refractivity contribution < 1.29 is 33.0 Å². The number of aromatic nitrogens is 4. The lowest BCUT2D eigenvalue weighted by Crippen LogP contribution is -2.44. The van der Waals surface area contributed by atoms with Gasteiger partial charge in [-0.25, -0.2) is 14.7 Å². The van der Waals surface area contributed by atoms with Crippen LogP contribution in [0.5, 0.6) is 28.7 Å². The number of nitrogens with zero attached hydrogens (tertiary/aromatic N) is 7. The van der Waals surface area contributed by atoms with Crippen molar-refractivity contribution in [2.24, 2.45) is 0 Å². The minimum atomic E-state index is -0.701. The molecule has 294 valence electrons. The molecule has 0 spiro atoms. The van der Waals surface area contributed by atoms with Gasteiger partial charge in [-0.3, -0.25) is 0 Å². The highest BCUT2D eigenvalue weighted by Crippen LogP contribution is 2.41. The van der Waals surface area contributed by atoms with E-state index in [1.165, 1.54) is 12.0 Å². The second-order valence-corrected chi connectivity index (χ2v) is 13.3. The number of ether oxygens (including phenoxy) is 5. The molecule has 3 aromatic carbocycles. The number of likely N-dealkylation sites (N-methyl/N-ethyl adjacent to an activating group) is 1. The Kier molecular flexibility index (Phi) is 13.0. The Balaban J connectivity index is 1.27. The molecule has 5 aromatic rings. The standard InChI is InChI=1S/C41H48N8O7/c1-27-10-8-11-28(2)38(27)55-41(50)49(32-14-12-30(24-33(32)51-5)13-15-37-43-29(3)46-56-37)36-16-17-42-40(45-36)44-31-25-34(52-6)39(35(26-31)53-7)54-23-9-18-48-21-19-47(4)20-22-48/h8,10-17,24-26H,9,18-23H2,1-7H3,(H,42,44,45). The summed E-state index contributed by atoms with van der Waals surface area (Å²) >= 11 is 0. The minimum Gasteiger partial charge on any atom is -0.495 e. The Bertz CT molecular complexity index is 2100. The molecule has 1 saturated heterocycles. The monoisotopic (exact) mass is 764 g/mol. The van der Waals surface area contributed by atoms with Crippen molar-refractivity contribution >= 4 is 41.4 Å². The van der Waals surface area contributed by atoms with Gasteiger partial charge in [-0.2, -0.15) is 9.97 Å². The molecule has 1 N–H and O–H groups in total. The van der Waals surface area contributed by atoms with Crippen LogP contribution in [0.4, 0.5) is 27.9 Å². The molecule has 0 atom stereocenters. The fraction of sp³-hybridized carbons (Fsp3) is 0.341. The maximum Gasteiger partial charge on any atom is 0.425 e. The summed E-state index contributed by atoms with van der Waals surface area (Å²) in [6.45, 7) is 11.2. The molecule has 1 aliphatic rings. The summed E-state index contributed by atoms with van der Waals surface area (Å²) in [6, 6.07) is 16.2. The third-order valence-electron chi connectivity index (χ3n) is 9.23. The zero-order valence-electron chi connectivity index (χ0n) is 32.9. The van der Waals surface area contributed by atoms with Crippen LogP contribution in [0.15, 0.2) is 65.3 Å². The Hall–Kier alpha value is -6.19. The van der Waals surface area contributed by atoms with Gasteiger partial charge in [0.25, 0.3) is 5.89 Å². The van der Waals surface area contributed by atoms with E-state index in [4.69, 9.17) is 33.2 Å². The van der Waals surface area contributed by atoms with Gasteiger partial charge in [0.1, 0.15) is 17.3 Å². The van der Waals surface area contributed by atoms with Crippen LogP contribution in [0.1, 0.15) is 34.8 Å². The lowest BCUT2D eigenvalue weighted by Gasteiger charge is -2.32. The van der Waals surface area contributed by atoms with Gasteiger partial charge in [0.15, 0.2) is 17.3 Å². The number of methoxy groups -OCH3 is 3. The van der Waals surface area contributed by atoms with Crippen molar-refractivity contribution in [3.63, 3.8) is 0 Å². The van der Waals surface area contributed by atoms with Gasteiger partial charge in [-0.05, 0) is 69.1 Å². The summed E-state index contributed by atoms with van der Waals surface area (Å²) in [5.74, 6) is 3.61. The molecular weight excluding hydrogens is 716 g/mol. The summed E-state index contributed by atoms with van der Waals surface area (Å²) < 4.78 is 34.7. The Labute approximate surface area is 326 Å². The zero-order valence-corrected chi connectivity index (χ0v) is 32.9. The first kappa shape index (κ1) is 39.5. The van der Waals surface area contributed by atoms with Crippen LogP contribution in [0.3, 0.4) is 0 Å². The van der Waals surface area contributed by atoms with Gasteiger partial charge in [0.05, 0.1) is 33.6 Å². The number of benzene rings is 3. The SMILES string of the molecule is COc1cc(C=Cc2nc(C)no2)ccc1N(C(=O)Oc1c(C)cccc1C)c1ccnc(Nc2cc(OC)c(OCCCN3CCN(C)CC3)c(OC)c2)n1. The smallest absolute Gasteiger partial charge is 0.425 e. The molecule has 0 aliphatic carbocycles. The first-order chi connectivity index (χ1) is 27.1. The van der Waals surface area contributed by atoms with Crippen molar-refractivity contribution in [1.29, 1.82) is 0 Å². The highest BCUT2D eigenvalue weighted by molar-refractivity contribution is 5.98. The molecule has 56 heavy (non-hydrogen) atoms. The molecule has 1 amide bonds. The molecule has 1 fully saturated rings. The van der Waals surface area contributed by atoms with Crippen molar-refractivity contribution in [3.8, 4) is 28.7 Å². The highest BCUT2D eigenvalue weighted by atomic mass is 16.6. The zero-order chi connectivity index (χ0) is 39.6. The molecule has 0 saturated carbocycles. The minimum absolute atomic E-state index is 0.200. The van der Waals surface area contributed by atoms with Gasteiger partial charge < -0.3 is 43.3 Å². The Morgan fingerprint density at radius 1 is 0.875 bits per heavy atom. The van der Waals surface area contributed by atoms with Crippen LogP contribution in [0.2, 0.25) is 0 Å². The normalized spacial score (nSPS) is 13.4. The Morgan fingerprint density at radius 3 is 2.25 bits per heavy atom. The fourth-order valence-corrected chi connectivity index (χ4v) is 6.23. The predicted octanol–water partition coefficient (Wildman–Crippen LogP) is 7.08. The lowest BCUT2D eigenvalue weighted by molar-refractivity contribution is 0.144. The molecule has 0 unspecified atom stereocenters. The van der Waals surface area contributed by atoms with E-state index >= 15 is 0 Å². The van der Waals surface area contributed by atoms with E-state index in [0.717, 1.165) is 55.8 Å². The quantitative estimate of drug-likeness (QED) is 0.108. The number of hydrogen-bond acceptors (Lipinski definition) is 14. The van der Waals surface area contributed by atoms with E-state index in [1.807, 2.05) is 38.1 Å². The topological polar surface area (TPSA) is 150 Å². The molecule has 15 heteroatoms. The average molecular weight is 765 g/mol. The van der Waals surface area contributed by atoms with E-state index in [9.17, 15) is 4.79 Å². The van der Waals surface area contributed by atoms with Gasteiger partial charge in [-0.15, -0.1) is 0 Å². The van der Waals surface area contributed by atoms with E-state index in [1.54, 1.807) is 69.8 Å². The van der Waals surface area contributed by atoms with Crippen LogP contribution in [-0.4, -0.2) is 104 Å². The Morgan fingerprint density at radius 2 is 1.59 bits per heavy atom. The maximum atomic E-state index is 14.2. The molecule has 3 heterocycles. The largest absolute Gasteiger partial charge is 0.495 e. The maximum absolute atomic E-state index is 14.2. The van der Waals surface area contributed by atoms with Crippen LogP contribution in [-0.2, 0) is 0 Å². The number of anilines is 4. The summed E-state index contributed by atoms with van der Waals surface area (Å²) in [5, 5.41) is 7.06. The summed E-state index contributed by atoms with van der Waals surface area (Å²) in [5.41, 5.74) is 3.34. The van der Waals surface area contributed by atoms with Crippen molar-refractivity contribution in [2.75, 3.05) is 77.9 Å². The lowest BCUT2D eigenvalue weighted by atomic mass is 10.1. The number of amides is 1. The number of aryl methyl sites for hydroxylation is 3. The van der Waals surface area contributed by atoms with Crippen LogP contribution >= 0.6 is 0 Å². The van der Waals surface area contributed by atoms with Crippen LogP contribution in [0, 0.1) is 20.8 Å². The number of carbonyl (C=O) groups excluding carboxylic acids is 1. The average Bonchev–Trinajstić information content (AvgIpc) is 3.63. The van der Waals surface area contributed by atoms with Crippen LogP contribution < -0.4 is 33.9 Å². The fourth-order valence-electron chi connectivity index (χ4n) is 6.23. The number of nitrogens with one attached hydrogen (secondary N) is 1. The molecule has 15 nitrogen and oxygen atoms in total. The number of rotatable bonds is 15. The molecule has 0 bridgehead atoms. The second kappa shape index (κ2) is 18.4. The van der Waals surface area contributed by atoms with Crippen molar-refractivity contribution in [3.05, 3.63) is 89.2 Å². The molecule has 2 aromatic heterocycles. The summed E-state index contributed by atoms with van der Waals surface area (Å²) in [6.07, 6.45) is 5.21. The summed E-state index contributed by atoms with van der Waals surface area (Å²) in [7, 11) is 6.83. The first-order valence-electron chi connectivity index (χ1n) is 18.3. The van der Waals surface area contributed by atoms with E-state index in [-0.39, 0.29) is 11.8 Å². The third-order valence-corrected chi connectivity index (χ3v) is 9.23. The molecular formula is C41H48N8O7. The van der Waals surface area contributed by atoms with E-state index < -0.39 is 6.09 Å². The number of para-hydroxylation sites is 1. The van der Waals surface area contributed by atoms with Crippen molar-refractivity contribution in [1.82, 2.24) is 29.9 Å². The highest BCUT2D eigenvalue weighted by Gasteiger charge is 2.27. The van der Waals surface area contributed by atoms with E-state index in [2.05, 4.69) is 37.3 Å². The summed E-state index contributed by atoms with van der Waals surface area (Å²) in [4.78, 5) is 33.8. The predicted molar refractivity (Wildman–Crippen MR) is 214 cm³/mol. The van der Waals surface area contributed by atoms with E-state index in [0.29, 0.717) is 58.4 Å². The number of piperazine rings is 1. The first-order valence-corrected chi connectivity index (χ1v) is 18.3.